The first-order chi connectivity index (χ1) is 9.06. The maximum atomic E-state index is 10.6. The molecular formula is C12H13Cl2N3O2. The van der Waals surface area contributed by atoms with Gasteiger partial charge in [-0.05, 0) is 24.1 Å². The zero-order valence-corrected chi connectivity index (χ0v) is 11.6. The van der Waals surface area contributed by atoms with Crippen molar-refractivity contribution in [1.29, 1.82) is 0 Å². The van der Waals surface area contributed by atoms with E-state index in [1.807, 2.05) is 11.0 Å². The molecule has 0 bridgehead atoms. The van der Waals surface area contributed by atoms with Crippen LogP contribution in [-0.4, -0.2) is 22.9 Å². The van der Waals surface area contributed by atoms with Gasteiger partial charge in [-0.3, -0.25) is 10.1 Å². The molecule has 0 aromatic heterocycles. The Morgan fingerprint density at radius 2 is 2.26 bits per heavy atom. The fourth-order valence-corrected chi connectivity index (χ4v) is 2.43. The average Bonchev–Trinajstić information content (AvgIpc) is 2.34. The molecular weight excluding hydrogens is 289 g/mol. The van der Waals surface area contributed by atoms with E-state index in [0.717, 1.165) is 31.3 Å². The summed E-state index contributed by atoms with van der Waals surface area (Å²) >= 11 is 12.0. The molecule has 2 rings (SSSR count). The van der Waals surface area contributed by atoms with E-state index in [1.54, 1.807) is 12.1 Å². The summed E-state index contributed by atoms with van der Waals surface area (Å²) in [6.07, 6.45) is 1.92. The van der Waals surface area contributed by atoms with E-state index in [2.05, 4.69) is 5.32 Å². The van der Waals surface area contributed by atoms with E-state index in [0.29, 0.717) is 22.4 Å². The molecule has 1 aliphatic heterocycles. The third-order valence-corrected chi connectivity index (χ3v) is 3.44. The van der Waals surface area contributed by atoms with Gasteiger partial charge in [-0.15, -0.1) is 0 Å². The van der Waals surface area contributed by atoms with Crippen molar-refractivity contribution >= 4 is 23.2 Å². The summed E-state index contributed by atoms with van der Waals surface area (Å²) in [5, 5.41) is 14.8. The van der Waals surface area contributed by atoms with Crippen molar-refractivity contribution in [1.82, 2.24) is 10.2 Å². The van der Waals surface area contributed by atoms with Crippen molar-refractivity contribution in [2.75, 3.05) is 13.1 Å². The van der Waals surface area contributed by atoms with Gasteiger partial charge in [-0.2, -0.15) is 0 Å². The van der Waals surface area contributed by atoms with Crippen molar-refractivity contribution in [2.24, 2.45) is 0 Å². The molecule has 1 heterocycles. The van der Waals surface area contributed by atoms with Gasteiger partial charge < -0.3 is 10.2 Å². The number of nitrogens with one attached hydrogen (secondary N) is 1. The zero-order chi connectivity index (χ0) is 13.8. The quantitative estimate of drug-likeness (QED) is 0.689. The van der Waals surface area contributed by atoms with Gasteiger partial charge in [-0.25, -0.2) is 0 Å². The lowest BCUT2D eigenvalue weighted by molar-refractivity contribution is -0.405. The molecule has 5 nitrogen and oxygen atoms in total. The van der Waals surface area contributed by atoms with Crippen molar-refractivity contribution in [3.8, 4) is 0 Å². The number of hydrogen-bond acceptors (Lipinski definition) is 4. The van der Waals surface area contributed by atoms with Crippen molar-refractivity contribution in [2.45, 2.75) is 13.0 Å². The van der Waals surface area contributed by atoms with Gasteiger partial charge in [0, 0.05) is 29.7 Å². The zero-order valence-electron chi connectivity index (χ0n) is 10.1. The molecule has 0 amide bonds. The van der Waals surface area contributed by atoms with Crippen LogP contribution in [0.2, 0.25) is 10.0 Å². The van der Waals surface area contributed by atoms with Crippen LogP contribution in [0.15, 0.2) is 30.2 Å². The van der Waals surface area contributed by atoms with E-state index in [-0.39, 0.29) is 0 Å². The summed E-state index contributed by atoms with van der Waals surface area (Å²) < 4.78 is 0. The van der Waals surface area contributed by atoms with E-state index < -0.39 is 4.92 Å². The number of nitrogens with zero attached hydrogens (tertiary/aromatic N) is 2. The topological polar surface area (TPSA) is 58.4 Å². The third-order valence-electron chi connectivity index (χ3n) is 2.86. The second kappa shape index (κ2) is 6.12. The lowest BCUT2D eigenvalue weighted by Crippen LogP contribution is -2.39. The van der Waals surface area contributed by atoms with Crippen LogP contribution in [0, 0.1) is 10.1 Å². The highest BCUT2D eigenvalue weighted by molar-refractivity contribution is 6.35. The molecule has 0 unspecified atom stereocenters. The molecule has 0 saturated carbocycles. The fraction of sp³-hybridized carbons (Fsp3) is 0.333. The van der Waals surface area contributed by atoms with Crippen molar-refractivity contribution in [3.05, 3.63) is 55.9 Å². The Morgan fingerprint density at radius 3 is 2.95 bits per heavy atom. The van der Waals surface area contributed by atoms with E-state index in [4.69, 9.17) is 23.2 Å². The first-order valence-corrected chi connectivity index (χ1v) is 6.60. The van der Waals surface area contributed by atoms with Gasteiger partial charge in [-0.1, -0.05) is 29.3 Å². The smallest absolute Gasteiger partial charge is 0.274 e. The summed E-state index contributed by atoms with van der Waals surface area (Å²) in [7, 11) is 0. The Hall–Kier alpha value is -1.46. The van der Waals surface area contributed by atoms with E-state index in [9.17, 15) is 10.1 Å². The molecule has 0 aliphatic carbocycles. The first kappa shape index (κ1) is 14.0. The number of halogens is 2. The number of rotatable bonds is 3. The van der Waals surface area contributed by atoms with Crippen LogP contribution in [-0.2, 0) is 6.54 Å². The third kappa shape index (κ3) is 3.75. The number of benzene rings is 1. The first-order valence-electron chi connectivity index (χ1n) is 5.84. The normalized spacial score (nSPS) is 17.4. The van der Waals surface area contributed by atoms with Crippen LogP contribution in [0.4, 0.5) is 0 Å². The van der Waals surface area contributed by atoms with Crippen LogP contribution >= 0.6 is 23.2 Å². The van der Waals surface area contributed by atoms with Crippen LogP contribution in [0.3, 0.4) is 0 Å². The van der Waals surface area contributed by atoms with E-state index in [1.165, 1.54) is 0 Å². The van der Waals surface area contributed by atoms with E-state index >= 15 is 0 Å². The molecule has 0 radical (unpaired) electrons. The minimum absolute atomic E-state index is 0.454. The fourth-order valence-electron chi connectivity index (χ4n) is 1.97. The molecule has 1 saturated heterocycles. The minimum Gasteiger partial charge on any atom is -0.367 e. The number of hydrogen-bond donors (Lipinski definition) is 1. The molecule has 1 aromatic rings. The second-order valence-electron chi connectivity index (χ2n) is 4.24. The summed E-state index contributed by atoms with van der Waals surface area (Å²) in [5.74, 6) is 0.516. The molecule has 0 spiro atoms. The molecule has 1 fully saturated rings. The molecule has 19 heavy (non-hydrogen) atoms. The molecule has 7 heteroatoms. The van der Waals surface area contributed by atoms with Crippen LogP contribution in [0.25, 0.3) is 0 Å². The Morgan fingerprint density at radius 1 is 1.47 bits per heavy atom. The maximum Gasteiger partial charge on any atom is 0.274 e. The van der Waals surface area contributed by atoms with Gasteiger partial charge in [0.2, 0.25) is 0 Å². The highest BCUT2D eigenvalue weighted by Gasteiger charge is 2.18. The highest BCUT2D eigenvalue weighted by atomic mass is 35.5. The van der Waals surface area contributed by atoms with Gasteiger partial charge in [0.05, 0.1) is 4.92 Å². The average molecular weight is 302 g/mol. The number of nitro groups is 1. The monoisotopic (exact) mass is 301 g/mol. The van der Waals surface area contributed by atoms with Crippen molar-refractivity contribution < 1.29 is 4.92 Å². The second-order valence-corrected chi connectivity index (χ2v) is 5.08. The molecule has 1 aromatic carbocycles. The largest absolute Gasteiger partial charge is 0.367 e. The predicted octanol–water partition coefficient (Wildman–Crippen LogP) is 2.86. The van der Waals surface area contributed by atoms with Gasteiger partial charge in [0.1, 0.15) is 0 Å². The maximum absolute atomic E-state index is 10.6. The van der Waals surface area contributed by atoms with Gasteiger partial charge >= 0.3 is 0 Å². The summed E-state index contributed by atoms with van der Waals surface area (Å²) in [6, 6.07) is 5.27. The summed E-state index contributed by atoms with van der Waals surface area (Å²) in [5.41, 5.74) is 0.893. The Balaban J connectivity index is 2.17. The van der Waals surface area contributed by atoms with Crippen LogP contribution in [0.5, 0.6) is 0 Å². The van der Waals surface area contributed by atoms with Crippen molar-refractivity contribution in [3.63, 3.8) is 0 Å². The minimum atomic E-state index is -0.454. The Bertz CT molecular complexity index is 520. The highest BCUT2D eigenvalue weighted by Crippen LogP contribution is 2.23. The predicted molar refractivity (Wildman–Crippen MR) is 74.6 cm³/mol. The Kier molecular flexibility index (Phi) is 4.50. The molecule has 1 N–H and O–H groups in total. The van der Waals surface area contributed by atoms with Gasteiger partial charge in [0.15, 0.2) is 5.82 Å². The SMILES string of the molecule is O=[N+]([O-])C=C1NCCCN1Cc1ccc(Cl)cc1Cl. The van der Waals surface area contributed by atoms with Crippen LogP contribution in [0.1, 0.15) is 12.0 Å². The molecule has 0 atom stereocenters. The molecule has 102 valence electrons. The Labute approximate surface area is 120 Å². The summed E-state index contributed by atoms with van der Waals surface area (Å²) in [6.45, 7) is 2.01. The standard InChI is InChI=1S/C12H13Cl2N3O2/c13-10-3-2-9(11(14)6-10)7-16-5-1-4-15-12(16)8-17(18)19/h2-3,6,8,15H,1,4-5,7H2. The van der Waals surface area contributed by atoms with Gasteiger partial charge in [0.25, 0.3) is 6.20 Å². The lowest BCUT2D eigenvalue weighted by atomic mass is 10.2. The summed E-state index contributed by atoms with van der Waals surface area (Å²) in [4.78, 5) is 12.0. The van der Waals surface area contributed by atoms with Crippen LogP contribution < -0.4 is 5.32 Å². The molecule has 1 aliphatic rings. The lowest BCUT2D eigenvalue weighted by Gasteiger charge is -2.31.